The van der Waals surface area contributed by atoms with E-state index in [2.05, 4.69) is 124 Å². The molecule has 0 aromatic carbocycles. The zero-order valence-electron chi connectivity index (χ0n) is 88.0. The van der Waals surface area contributed by atoms with Gasteiger partial charge in [-0.05, 0) is 337 Å². The molecule has 9 saturated carbocycles. The first-order valence-electron chi connectivity index (χ1n) is 52.7. The van der Waals surface area contributed by atoms with Crippen LogP contribution >= 0.6 is 0 Å². The van der Waals surface area contributed by atoms with E-state index in [0.717, 1.165) is 120 Å². The Bertz CT molecular complexity index is 5870. The van der Waals surface area contributed by atoms with E-state index in [9.17, 15) is 82.8 Å². The van der Waals surface area contributed by atoms with E-state index in [-0.39, 0.29) is 152 Å². The van der Waals surface area contributed by atoms with E-state index in [4.69, 9.17) is 23.4 Å². The lowest BCUT2D eigenvalue weighted by molar-refractivity contribution is -0.167. The van der Waals surface area contributed by atoms with Gasteiger partial charge in [0.15, 0.2) is 60.3 Å². The van der Waals surface area contributed by atoms with Crippen molar-refractivity contribution in [1.82, 2.24) is 0 Å². The topological polar surface area (TPSA) is 349 Å². The van der Waals surface area contributed by atoms with Crippen molar-refractivity contribution >= 4 is 84.2 Å². The average molecular weight is 1970 g/mol. The molecule has 4 N–H and O–H groups in total. The fourth-order valence-electron chi connectivity index (χ4n) is 32.8. The second-order valence-electron chi connectivity index (χ2n) is 48.9. The predicted molar refractivity (Wildman–Crippen MR) is 545 cm³/mol. The Hall–Kier alpha value is -9.65. The molecule has 20 aliphatic carbocycles. The molecule has 9 fully saturated rings. The normalized spacial score (nSPS) is 41.3. The third kappa shape index (κ3) is 17.3. The van der Waals surface area contributed by atoms with Gasteiger partial charge in [-0.3, -0.25) is 62.3 Å². The van der Waals surface area contributed by atoms with Crippen molar-refractivity contribution in [2.45, 2.75) is 289 Å². The lowest BCUT2D eigenvalue weighted by Gasteiger charge is -2.53. The van der Waals surface area contributed by atoms with Gasteiger partial charge in [0.1, 0.15) is 35.8 Å². The van der Waals surface area contributed by atoms with Crippen LogP contribution < -0.4 is 0 Å². The van der Waals surface area contributed by atoms with Gasteiger partial charge >= 0.3 is 23.9 Å². The van der Waals surface area contributed by atoms with Gasteiger partial charge < -0.3 is 43.8 Å². The molecule has 143 heavy (non-hydrogen) atoms. The van der Waals surface area contributed by atoms with Gasteiger partial charge in [0, 0.05) is 82.0 Å². The van der Waals surface area contributed by atoms with Gasteiger partial charge in [0.25, 0.3) is 0 Å². The first kappa shape index (κ1) is 106. The summed E-state index contributed by atoms with van der Waals surface area (Å²) in [6, 6.07) is 0. The molecule has 0 radical (unpaired) electrons. The largest absolute Gasteiger partial charge is 0.545 e. The lowest BCUT2D eigenvalue weighted by Crippen LogP contribution is -2.57. The number of allylic oxidation sites excluding steroid dienone is 32. The van der Waals surface area contributed by atoms with E-state index in [1.165, 1.54) is 89.0 Å². The average Bonchev–Trinajstić information content (AvgIpc) is 1.56. The molecule has 22 nitrogen and oxygen atoms in total. The summed E-state index contributed by atoms with van der Waals surface area (Å²) >= 11 is 0. The zero-order chi connectivity index (χ0) is 104. The standard InChI is InChI=1S/C27H38O4Si.2C24H30O5.C23H26O4.C22H28O4/c1-17-14-23-21-9-8-19-15-20(29)10-12-26(19,3)22(21)11-13-27(23,4)25(17)24(16-30-18(2)28)31-32(5,6)7;2*1-14-11-20-18-6-5-16-12-17(26)7-9-22(16,3)19(18)8-10-23(20,4)24(14,28)21(27)13-29-15(2)25;1-14(24)27-13-21(26)20-7-6-18-17-5-4-15-12-16(25)8-10-22(15,2)19(17)9-11-23(18,20)3;1-13-10-18-16-5-4-14-11-15(24)6-8-20(14,2)17(16)7-9-21(18,3)22(13,26)19(25)12-23/h10-12,15,17,21,23H,8-9,13-14,16H2,1-7H3;2*7-9,12,14,18,20,28H,5-6,10-11,13H2,1-4H3;7-10,12,17-18H,4-6,11,13H2,1-3H3;6-8,11,13,16,18,23,26H,4-5,9-10,12H2,1-3H3/b25-24+;;;;/t17-,21?,23?,26+,27+;2*14-,18?,20?,22+,23+,24+;17?,18?,22-,23-;13-,16?,18?,20+,21+,22+/m11101/s1. The van der Waals surface area contributed by atoms with Crippen molar-refractivity contribution in [3.63, 3.8) is 0 Å². The number of rotatable bonds is 15. The van der Waals surface area contributed by atoms with Crippen LogP contribution in [0.25, 0.3) is 0 Å². The number of Topliss-reactive ketones (excluding diaryl/α,β-unsaturated/α-hetero) is 4. The van der Waals surface area contributed by atoms with Crippen molar-refractivity contribution in [1.29, 1.82) is 0 Å². The zero-order valence-corrected chi connectivity index (χ0v) is 89.0. The number of ketones is 9. The van der Waals surface area contributed by atoms with Crippen molar-refractivity contribution in [2.75, 3.05) is 33.0 Å². The van der Waals surface area contributed by atoms with Crippen LogP contribution in [0.3, 0.4) is 0 Å². The SMILES string of the molecule is CC(=O)OC/C(O[Si](C)(C)C)=C1/[C@H](C)CC2C3CCC4=CC(=O)C=C[C@]4(C)C3=CC[C@]12C.CC(=O)OCC(=O)C1=CCC2C3CCC4=CC(=O)C=C[C@]4(C)C3=CC[C@]12C.CC(=O)OCC(=O)[C@@]1(O)[C@H](C)CC2C3CCC4=CC(=O)C=C[C@]4(C)C3=CC[C@@]21C.CC(=O)OCC(=O)[C@@]1(O)[C@H](C)CC2C3CCC4=CC(=O)C=C[C@]4(C)C3=CC[C@@]21C.C[C@@H]1CC2C3CCC4=CC(=O)C=C[C@]4(C)C3=CC[C@]2(C)[C@@]1(O)C(=O)CO. The number of hydrogen-bond donors (Lipinski definition) is 4. The smallest absolute Gasteiger partial charge is 0.303 e. The summed E-state index contributed by atoms with van der Waals surface area (Å²) in [6.45, 7) is 40.4. The third-order valence-electron chi connectivity index (χ3n) is 40.2. The minimum Gasteiger partial charge on any atom is -0.545 e. The van der Waals surface area contributed by atoms with Crippen molar-refractivity contribution in [2.24, 2.45) is 137 Å². The highest BCUT2D eigenvalue weighted by atomic mass is 28.4. The van der Waals surface area contributed by atoms with Crippen molar-refractivity contribution in [3.05, 3.63) is 200 Å². The van der Waals surface area contributed by atoms with Crippen LogP contribution in [-0.4, -0.2) is 155 Å². The Kier molecular flexibility index (Phi) is 28.2. The maximum Gasteiger partial charge on any atom is 0.303 e. The molecule has 0 spiro atoms. The third-order valence-corrected chi connectivity index (χ3v) is 41.1. The lowest BCUT2D eigenvalue weighted by atomic mass is 9.51. The molecule has 0 bridgehead atoms. The van der Waals surface area contributed by atoms with Gasteiger partial charge in [-0.25, -0.2) is 0 Å². The van der Waals surface area contributed by atoms with Crippen LogP contribution in [0.15, 0.2) is 200 Å². The van der Waals surface area contributed by atoms with E-state index >= 15 is 0 Å². The van der Waals surface area contributed by atoms with E-state index < -0.39 is 83.2 Å². The maximum atomic E-state index is 13.0. The number of fused-ring (bicyclic) bond motifs is 25. The molecule has 0 saturated heterocycles. The Morgan fingerprint density at radius 2 is 0.636 bits per heavy atom. The number of carbonyl (C=O) groups excluding carboxylic acids is 13. The van der Waals surface area contributed by atoms with Crippen LogP contribution in [0.4, 0.5) is 0 Å². The second-order valence-corrected chi connectivity index (χ2v) is 53.4. The van der Waals surface area contributed by atoms with Gasteiger partial charge in [-0.15, -0.1) is 0 Å². The molecule has 0 aromatic rings. The summed E-state index contributed by atoms with van der Waals surface area (Å²) in [6.07, 6.45) is 58.6. The molecule has 0 amide bonds. The molecular formula is C120H152O22Si. The number of hydrogen-bond acceptors (Lipinski definition) is 22. The summed E-state index contributed by atoms with van der Waals surface area (Å²) in [5, 5.41) is 44.2. The molecule has 10 unspecified atom stereocenters. The Morgan fingerprint density at radius 1 is 0.357 bits per heavy atom. The number of aliphatic hydroxyl groups excluding tert-OH is 1. The van der Waals surface area contributed by atoms with Gasteiger partial charge in [-0.2, -0.15) is 0 Å². The molecule has 20 aliphatic rings. The molecule has 23 heteroatoms. The van der Waals surface area contributed by atoms with Crippen LogP contribution in [0, 0.1) is 137 Å². The van der Waals surface area contributed by atoms with Gasteiger partial charge in [-0.1, -0.05) is 185 Å². The minimum atomic E-state index is -1.87. The molecule has 20 rings (SSSR count). The van der Waals surface area contributed by atoms with E-state index in [1.807, 2.05) is 71.9 Å². The van der Waals surface area contributed by atoms with Crippen LogP contribution in [0.1, 0.15) is 253 Å². The molecule has 27 atom stereocenters. The highest BCUT2D eigenvalue weighted by molar-refractivity contribution is 6.70. The number of carbonyl (C=O) groups is 13. The van der Waals surface area contributed by atoms with Crippen molar-refractivity contribution < 1.29 is 106 Å². The maximum absolute atomic E-state index is 13.0. The fraction of sp³-hybridized carbons (Fsp3) is 0.608. The van der Waals surface area contributed by atoms with E-state index in [0.29, 0.717) is 54.8 Å². The molecule has 0 aliphatic heterocycles. The highest BCUT2D eigenvalue weighted by Crippen LogP contribution is 2.73. The highest BCUT2D eigenvalue weighted by Gasteiger charge is 2.72. The van der Waals surface area contributed by atoms with Crippen LogP contribution in [0.2, 0.25) is 19.6 Å². The Labute approximate surface area is 845 Å². The monoisotopic (exact) mass is 1970 g/mol. The van der Waals surface area contributed by atoms with Gasteiger partial charge in [0.2, 0.25) is 19.9 Å². The molecule has 0 heterocycles. The van der Waals surface area contributed by atoms with Crippen LogP contribution in [0.5, 0.6) is 0 Å². The first-order chi connectivity index (χ1) is 66.9. The van der Waals surface area contributed by atoms with E-state index in [1.54, 1.807) is 48.6 Å². The summed E-state index contributed by atoms with van der Waals surface area (Å²) in [5.41, 5.74) is 7.70. The summed E-state index contributed by atoms with van der Waals surface area (Å²) in [5.74, 6) is 1.32. The number of esters is 4. The summed E-state index contributed by atoms with van der Waals surface area (Å²) < 4.78 is 26.9. The predicted octanol–water partition coefficient (Wildman–Crippen LogP) is 19.4. The quantitative estimate of drug-likeness (QED) is 0.0389. The fourth-order valence-corrected chi connectivity index (χ4v) is 33.7. The molecular weight excluding hydrogens is 1820 g/mol. The van der Waals surface area contributed by atoms with Gasteiger partial charge in [0.05, 0.1) is 0 Å². The molecule has 0 aromatic heterocycles. The summed E-state index contributed by atoms with van der Waals surface area (Å²) in [4.78, 5) is 156. The Balaban J connectivity index is 0.000000129. The van der Waals surface area contributed by atoms with Crippen molar-refractivity contribution in [3.8, 4) is 0 Å². The van der Waals surface area contributed by atoms with Crippen LogP contribution in [-0.2, 0) is 85.7 Å². The minimum absolute atomic E-state index is 0.00843. The molecule has 768 valence electrons. The Morgan fingerprint density at radius 3 is 0.944 bits per heavy atom. The first-order valence-corrected chi connectivity index (χ1v) is 56.1. The number of aliphatic hydroxyl groups is 4. The number of ether oxygens (including phenoxy) is 4. The second kappa shape index (κ2) is 37.9. The summed E-state index contributed by atoms with van der Waals surface area (Å²) in [7, 11) is -1.87.